The maximum Gasteiger partial charge on any atom is 0.416 e. The van der Waals surface area contributed by atoms with Crippen molar-refractivity contribution in [2.75, 3.05) is 37.2 Å². The summed E-state index contributed by atoms with van der Waals surface area (Å²) in [4.78, 5) is 17.0. The Hall–Kier alpha value is -2.63. The van der Waals surface area contributed by atoms with E-state index in [1.165, 1.54) is 19.1 Å². The van der Waals surface area contributed by atoms with Gasteiger partial charge < -0.3 is 14.9 Å². The fourth-order valence-corrected chi connectivity index (χ4v) is 5.50. The van der Waals surface area contributed by atoms with Crippen LogP contribution in [0.5, 0.6) is 0 Å². The largest absolute Gasteiger partial charge is 0.416 e. The highest BCUT2D eigenvalue weighted by Gasteiger charge is 2.30. The molecule has 36 heavy (non-hydrogen) atoms. The number of amides is 1. The van der Waals surface area contributed by atoms with Crippen molar-refractivity contribution >= 4 is 21.6 Å². The average molecular weight is 528 g/mol. The van der Waals surface area contributed by atoms with Crippen molar-refractivity contribution in [3.8, 4) is 0 Å². The Morgan fingerprint density at radius 2 is 1.78 bits per heavy atom. The molecule has 198 valence electrons. The van der Waals surface area contributed by atoms with Gasteiger partial charge in [0.25, 0.3) is 0 Å². The van der Waals surface area contributed by atoms with E-state index < -0.39 is 39.7 Å². The lowest BCUT2D eigenvalue weighted by molar-refractivity contribution is -0.137. The summed E-state index contributed by atoms with van der Waals surface area (Å²) >= 11 is 0. The Morgan fingerprint density at radius 3 is 2.36 bits per heavy atom. The first-order valence-electron chi connectivity index (χ1n) is 11.8. The first-order valence-corrected chi connectivity index (χ1v) is 13.4. The highest BCUT2D eigenvalue weighted by Crippen LogP contribution is 2.30. The number of nitrogens with zero attached hydrogens (tertiary/aromatic N) is 2. The maximum absolute atomic E-state index is 13.2. The molecule has 3 rings (SSSR count). The molecule has 1 fully saturated rings. The van der Waals surface area contributed by atoms with E-state index in [0.717, 1.165) is 43.6 Å². The van der Waals surface area contributed by atoms with Crippen molar-refractivity contribution in [1.29, 1.82) is 0 Å². The molecule has 1 aliphatic rings. The average Bonchev–Trinajstić information content (AvgIpc) is 3.29. The molecule has 0 bridgehead atoms. The lowest BCUT2D eigenvalue weighted by Gasteiger charge is -2.32. The molecule has 0 saturated carbocycles. The van der Waals surface area contributed by atoms with Crippen LogP contribution in [0.4, 0.5) is 18.9 Å². The van der Waals surface area contributed by atoms with Crippen molar-refractivity contribution < 1.29 is 31.5 Å². The number of likely N-dealkylation sites (tertiary alicyclic amines) is 1. The Kier molecular flexibility index (Phi) is 9.02. The number of benzene rings is 2. The van der Waals surface area contributed by atoms with Crippen molar-refractivity contribution in [3.05, 3.63) is 65.2 Å². The minimum atomic E-state index is -4.44. The van der Waals surface area contributed by atoms with Gasteiger partial charge in [0, 0.05) is 19.3 Å². The Labute approximate surface area is 210 Å². The highest BCUT2D eigenvalue weighted by atomic mass is 32.2. The molecule has 1 saturated heterocycles. The first kappa shape index (κ1) is 27.9. The minimum Gasteiger partial charge on any atom is -0.392 e. The molecule has 2 N–H and O–H groups in total. The number of aliphatic hydroxyl groups is 1. The minimum absolute atomic E-state index is 0.0636. The van der Waals surface area contributed by atoms with Crippen molar-refractivity contribution in [1.82, 2.24) is 9.80 Å². The van der Waals surface area contributed by atoms with Crippen molar-refractivity contribution in [3.63, 3.8) is 0 Å². The summed E-state index contributed by atoms with van der Waals surface area (Å²) in [5.74, 6) is -0.709. The molecule has 2 aromatic rings. The second kappa shape index (κ2) is 11.6. The number of aliphatic hydroxyl groups excluding tert-OH is 1. The van der Waals surface area contributed by atoms with Gasteiger partial charge in [-0.15, -0.1) is 0 Å². The molecular formula is C25H32F3N3O4S. The van der Waals surface area contributed by atoms with E-state index in [1.54, 1.807) is 30.1 Å². The van der Waals surface area contributed by atoms with Crippen LogP contribution < -0.4 is 4.72 Å². The summed E-state index contributed by atoms with van der Waals surface area (Å²) < 4.78 is 65.6. The summed E-state index contributed by atoms with van der Waals surface area (Å²) in [6.07, 6.45) is -3.43. The van der Waals surface area contributed by atoms with Crippen molar-refractivity contribution in [2.24, 2.45) is 0 Å². The van der Waals surface area contributed by atoms with Crippen molar-refractivity contribution in [2.45, 2.75) is 44.5 Å². The fourth-order valence-electron chi connectivity index (χ4n) is 4.29. The van der Waals surface area contributed by atoms with Gasteiger partial charge in [-0.25, -0.2) is 8.42 Å². The zero-order valence-electron chi connectivity index (χ0n) is 20.3. The van der Waals surface area contributed by atoms with Gasteiger partial charge in [-0.2, -0.15) is 13.2 Å². The van der Waals surface area contributed by atoms with Gasteiger partial charge in [-0.05, 0) is 68.2 Å². The SMILES string of the molecule is CC(O)CS(=O)(=O)Nc1cccc([C@@H](CN2CCCC2)N(C)C(=O)Cc2ccc(C(F)(F)F)cc2)c1. The molecule has 1 aliphatic heterocycles. The summed E-state index contributed by atoms with van der Waals surface area (Å²) in [7, 11) is -2.11. The number of rotatable bonds is 10. The zero-order valence-corrected chi connectivity index (χ0v) is 21.1. The van der Waals surface area contributed by atoms with Crippen LogP contribution in [0.1, 0.15) is 42.5 Å². The second-order valence-electron chi connectivity index (χ2n) is 9.26. The number of carbonyl (C=O) groups is 1. The number of nitrogens with one attached hydrogen (secondary N) is 1. The van der Waals surface area contributed by atoms with Gasteiger partial charge >= 0.3 is 6.18 Å². The topological polar surface area (TPSA) is 89.9 Å². The van der Waals surface area contributed by atoms with Crippen LogP contribution in [-0.4, -0.2) is 67.8 Å². The molecule has 0 radical (unpaired) electrons. The van der Waals surface area contributed by atoms with Crippen LogP contribution >= 0.6 is 0 Å². The smallest absolute Gasteiger partial charge is 0.392 e. The molecule has 0 spiro atoms. The van der Waals surface area contributed by atoms with Gasteiger partial charge in [0.1, 0.15) is 0 Å². The third-order valence-electron chi connectivity index (χ3n) is 6.13. The normalized spacial score (nSPS) is 16.5. The number of sulfonamides is 1. The number of anilines is 1. The van der Waals surface area contributed by atoms with Gasteiger partial charge in [-0.3, -0.25) is 9.52 Å². The van der Waals surface area contributed by atoms with Gasteiger partial charge in [-0.1, -0.05) is 24.3 Å². The molecule has 0 aromatic heterocycles. The second-order valence-corrected chi connectivity index (χ2v) is 11.0. The first-order chi connectivity index (χ1) is 16.8. The van der Waals surface area contributed by atoms with Crippen LogP contribution in [0.25, 0.3) is 0 Å². The van der Waals surface area contributed by atoms with Crippen LogP contribution in [-0.2, 0) is 27.4 Å². The lowest BCUT2D eigenvalue weighted by Crippen LogP contribution is -2.39. The van der Waals surface area contributed by atoms with E-state index >= 15 is 0 Å². The van der Waals surface area contributed by atoms with E-state index in [0.29, 0.717) is 17.8 Å². The quantitative estimate of drug-likeness (QED) is 0.492. The summed E-state index contributed by atoms with van der Waals surface area (Å²) in [5.41, 5.74) is 0.749. The van der Waals surface area contributed by atoms with Crippen LogP contribution in [0.2, 0.25) is 0 Å². The molecule has 1 amide bonds. The molecule has 0 aliphatic carbocycles. The summed E-state index contributed by atoms with van der Waals surface area (Å²) in [6, 6.07) is 10.9. The number of hydrogen-bond acceptors (Lipinski definition) is 5. The molecule has 7 nitrogen and oxygen atoms in total. The Balaban J connectivity index is 1.81. The number of hydrogen-bond donors (Lipinski definition) is 2. The lowest BCUT2D eigenvalue weighted by atomic mass is 10.0. The molecule has 2 atom stereocenters. The fraction of sp³-hybridized carbons (Fsp3) is 0.480. The van der Waals surface area contributed by atoms with E-state index in [2.05, 4.69) is 9.62 Å². The van der Waals surface area contributed by atoms with Gasteiger partial charge in [0.2, 0.25) is 15.9 Å². The predicted molar refractivity (Wildman–Crippen MR) is 132 cm³/mol. The Morgan fingerprint density at radius 1 is 1.14 bits per heavy atom. The third-order valence-corrected chi connectivity index (χ3v) is 7.60. The molecule has 2 aromatic carbocycles. The number of carbonyl (C=O) groups excluding carboxylic acids is 1. The summed E-state index contributed by atoms with van der Waals surface area (Å²) in [6.45, 7) is 3.70. The number of halogens is 3. The van der Waals surface area contributed by atoms with E-state index in [9.17, 15) is 31.5 Å². The van der Waals surface area contributed by atoms with E-state index in [4.69, 9.17) is 0 Å². The predicted octanol–water partition coefficient (Wildman–Crippen LogP) is 3.67. The number of likely N-dealkylation sites (N-methyl/N-ethyl adjacent to an activating group) is 1. The van der Waals surface area contributed by atoms with Crippen LogP contribution in [0, 0.1) is 0 Å². The molecule has 11 heteroatoms. The monoisotopic (exact) mass is 527 g/mol. The van der Waals surface area contributed by atoms with E-state index in [-0.39, 0.29) is 12.3 Å². The highest BCUT2D eigenvalue weighted by molar-refractivity contribution is 7.92. The molecule has 1 unspecified atom stereocenters. The Bertz CT molecular complexity index is 1130. The zero-order chi connectivity index (χ0) is 26.5. The summed E-state index contributed by atoms with van der Waals surface area (Å²) in [5, 5.41) is 9.45. The third kappa shape index (κ3) is 7.94. The maximum atomic E-state index is 13.2. The van der Waals surface area contributed by atoms with E-state index in [1.807, 2.05) is 6.07 Å². The van der Waals surface area contributed by atoms with Crippen LogP contribution in [0.3, 0.4) is 0 Å². The molecule has 1 heterocycles. The molecular weight excluding hydrogens is 495 g/mol. The van der Waals surface area contributed by atoms with Gasteiger partial charge in [0.05, 0.1) is 29.9 Å². The standard InChI is InChI=1S/C25H32F3N3O4S/c1-18(32)17-36(34,35)29-22-7-5-6-20(15-22)23(16-31-12-3-4-13-31)30(2)24(33)14-19-8-10-21(11-9-19)25(26,27)28/h5-11,15,18,23,29,32H,3-4,12-14,16-17H2,1-2H3/t18?,23-/m1/s1. The van der Waals surface area contributed by atoms with Gasteiger partial charge in [0.15, 0.2) is 0 Å². The number of alkyl halides is 3. The van der Waals surface area contributed by atoms with Crippen LogP contribution in [0.15, 0.2) is 48.5 Å².